The molecule has 128 valence electrons. The molecule has 2 amide bonds. The summed E-state index contributed by atoms with van der Waals surface area (Å²) in [5.41, 5.74) is 1.36. The second-order valence-electron chi connectivity index (χ2n) is 5.29. The summed E-state index contributed by atoms with van der Waals surface area (Å²) in [7, 11) is 1.44. The SMILES string of the molecule is COc1cc(/C=C2/SC(=O)N(Cc3ccccc3Cl)C2=O)ccc1O. The molecule has 1 saturated heterocycles. The fourth-order valence-electron chi connectivity index (χ4n) is 2.37. The lowest BCUT2D eigenvalue weighted by Gasteiger charge is -2.13. The first-order chi connectivity index (χ1) is 12.0. The van der Waals surface area contributed by atoms with Crippen molar-refractivity contribution in [3.63, 3.8) is 0 Å². The van der Waals surface area contributed by atoms with Gasteiger partial charge in [-0.05, 0) is 47.2 Å². The van der Waals surface area contributed by atoms with Crippen LogP contribution in [0.25, 0.3) is 6.08 Å². The van der Waals surface area contributed by atoms with Crippen LogP contribution < -0.4 is 4.74 Å². The number of carbonyl (C=O) groups excluding carboxylic acids is 2. The summed E-state index contributed by atoms with van der Waals surface area (Å²) in [5, 5.41) is 9.79. The Morgan fingerprint density at radius 3 is 2.72 bits per heavy atom. The number of nitrogens with zero attached hydrogens (tertiary/aromatic N) is 1. The number of phenols is 1. The van der Waals surface area contributed by atoms with Crippen LogP contribution in [0, 0.1) is 0 Å². The third kappa shape index (κ3) is 3.65. The van der Waals surface area contributed by atoms with Crippen molar-refractivity contribution in [3.8, 4) is 11.5 Å². The number of carbonyl (C=O) groups is 2. The molecule has 0 saturated carbocycles. The van der Waals surface area contributed by atoms with Gasteiger partial charge in [-0.15, -0.1) is 0 Å². The molecule has 0 aromatic heterocycles. The van der Waals surface area contributed by atoms with Crippen LogP contribution in [-0.4, -0.2) is 28.3 Å². The number of imide groups is 1. The molecule has 0 radical (unpaired) electrons. The number of ether oxygens (including phenoxy) is 1. The van der Waals surface area contributed by atoms with E-state index in [-0.39, 0.29) is 23.4 Å². The van der Waals surface area contributed by atoms with E-state index in [4.69, 9.17) is 16.3 Å². The molecule has 2 aromatic rings. The van der Waals surface area contributed by atoms with Gasteiger partial charge in [0.25, 0.3) is 11.1 Å². The quantitative estimate of drug-likeness (QED) is 0.807. The van der Waals surface area contributed by atoms with Crippen LogP contribution in [-0.2, 0) is 11.3 Å². The standard InChI is InChI=1S/C18H14ClNO4S/c1-24-15-8-11(6-7-14(15)21)9-16-17(22)20(18(23)25-16)10-12-4-2-3-5-13(12)19/h2-9,21H,10H2,1H3/b16-9+. The molecular formula is C18H14ClNO4S. The lowest BCUT2D eigenvalue weighted by Crippen LogP contribution is -2.27. The molecule has 0 spiro atoms. The minimum atomic E-state index is -0.373. The van der Waals surface area contributed by atoms with Gasteiger partial charge < -0.3 is 9.84 Å². The van der Waals surface area contributed by atoms with Gasteiger partial charge in [0.05, 0.1) is 18.6 Å². The number of phenolic OH excluding ortho intramolecular Hbond substituents is 1. The van der Waals surface area contributed by atoms with Gasteiger partial charge >= 0.3 is 0 Å². The maximum absolute atomic E-state index is 12.5. The van der Waals surface area contributed by atoms with Gasteiger partial charge in [0.1, 0.15) is 0 Å². The molecule has 1 aliphatic rings. The number of halogens is 1. The van der Waals surface area contributed by atoms with Crippen molar-refractivity contribution in [1.82, 2.24) is 4.90 Å². The highest BCUT2D eigenvalue weighted by Gasteiger charge is 2.35. The summed E-state index contributed by atoms with van der Waals surface area (Å²) in [6.07, 6.45) is 1.60. The monoisotopic (exact) mass is 375 g/mol. The number of methoxy groups -OCH3 is 1. The first-order valence-electron chi connectivity index (χ1n) is 7.35. The molecule has 2 aromatic carbocycles. The van der Waals surface area contributed by atoms with Gasteiger partial charge in [-0.3, -0.25) is 14.5 Å². The summed E-state index contributed by atoms with van der Waals surface area (Å²) in [6.45, 7) is 0.126. The molecule has 0 unspecified atom stereocenters. The Morgan fingerprint density at radius 2 is 2.00 bits per heavy atom. The maximum Gasteiger partial charge on any atom is 0.293 e. The second-order valence-corrected chi connectivity index (χ2v) is 6.69. The normalized spacial score (nSPS) is 15.9. The highest BCUT2D eigenvalue weighted by atomic mass is 35.5. The van der Waals surface area contributed by atoms with E-state index in [1.807, 2.05) is 0 Å². The Hall–Kier alpha value is -2.44. The minimum Gasteiger partial charge on any atom is -0.504 e. The van der Waals surface area contributed by atoms with E-state index >= 15 is 0 Å². The number of aromatic hydroxyl groups is 1. The zero-order chi connectivity index (χ0) is 18.0. The first-order valence-corrected chi connectivity index (χ1v) is 8.55. The molecule has 5 nitrogen and oxygen atoms in total. The van der Waals surface area contributed by atoms with Crippen molar-refractivity contribution in [2.75, 3.05) is 7.11 Å². The van der Waals surface area contributed by atoms with E-state index in [0.29, 0.717) is 26.8 Å². The molecule has 3 rings (SSSR count). The lowest BCUT2D eigenvalue weighted by molar-refractivity contribution is -0.123. The predicted molar refractivity (Wildman–Crippen MR) is 97.6 cm³/mol. The number of hydrogen-bond donors (Lipinski definition) is 1. The third-order valence-corrected chi connectivity index (χ3v) is 4.94. The summed E-state index contributed by atoms with van der Waals surface area (Å²) < 4.78 is 5.05. The molecule has 1 heterocycles. The van der Waals surface area contributed by atoms with Crippen LogP contribution in [0.1, 0.15) is 11.1 Å². The molecule has 25 heavy (non-hydrogen) atoms. The molecular weight excluding hydrogens is 362 g/mol. The molecule has 1 N–H and O–H groups in total. The van der Waals surface area contributed by atoms with Gasteiger partial charge in [-0.25, -0.2) is 0 Å². The average Bonchev–Trinajstić information content (AvgIpc) is 2.86. The predicted octanol–water partition coefficient (Wildman–Crippen LogP) is 4.29. The number of thioether (sulfide) groups is 1. The summed E-state index contributed by atoms with van der Waals surface area (Å²) >= 11 is 6.98. The molecule has 0 bridgehead atoms. The van der Waals surface area contributed by atoms with E-state index < -0.39 is 0 Å². The van der Waals surface area contributed by atoms with Crippen LogP contribution in [0.15, 0.2) is 47.4 Å². The number of rotatable bonds is 4. The fraction of sp³-hybridized carbons (Fsp3) is 0.111. The topological polar surface area (TPSA) is 66.8 Å². The summed E-state index contributed by atoms with van der Waals surface area (Å²) in [4.78, 5) is 26.2. The van der Waals surface area contributed by atoms with E-state index in [2.05, 4.69) is 0 Å². The Morgan fingerprint density at radius 1 is 1.24 bits per heavy atom. The van der Waals surface area contributed by atoms with E-state index in [1.165, 1.54) is 13.2 Å². The van der Waals surface area contributed by atoms with Gasteiger partial charge in [-0.1, -0.05) is 35.9 Å². The van der Waals surface area contributed by atoms with Gasteiger partial charge in [0.15, 0.2) is 11.5 Å². The fourth-order valence-corrected chi connectivity index (χ4v) is 3.40. The smallest absolute Gasteiger partial charge is 0.293 e. The summed E-state index contributed by atoms with van der Waals surface area (Å²) in [6, 6.07) is 11.8. The van der Waals surface area contributed by atoms with Gasteiger partial charge in [0.2, 0.25) is 0 Å². The van der Waals surface area contributed by atoms with Gasteiger partial charge in [-0.2, -0.15) is 0 Å². The highest BCUT2D eigenvalue weighted by Crippen LogP contribution is 2.35. The Kier molecular flexibility index (Phi) is 5.01. The van der Waals surface area contributed by atoms with Crippen molar-refractivity contribution in [1.29, 1.82) is 0 Å². The van der Waals surface area contributed by atoms with Gasteiger partial charge in [0, 0.05) is 5.02 Å². The van der Waals surface area contributed by atoms with Crippen molar-refractivity contribution in [2.24, 2.45) is 0 Å². The van der Waals surface area contributed by atoms with Crippen LogP contribution >= 0.6 is 23.4 Å². The zero-order valence-electron chi connectivity index (χ0n) is 13.2. The number of hydrogen-bond acceptors (Lipinski definition) is 5. The van der Waals surface area contributed by atoms with Crippen molar-refractivity contribution in [3.05, 3.63) is 63.5 Å². The Bertz CT molecular complexity index is 881. The minimum absolute atomic E-state index is 0.00599. The van der Waals surface area contributed by atoms with Crippen molar-refractivity contribution in [2.45, 2.75) is 6.54 Å². The van der Waals surface area contributed by atoms with E-state index in [9.17, 15) is 14.7 Å². The van der Waals surface area contributed by atoms with Crippen LogP contribution in [0.5, 0.6) is 11.5 Å². The van der Waals surface area contributed by atoms with Crippen LogP contribution in [0.2, 0.25) is 5.02 Å². The van der Waals surface area contributed by atoms with E-state index in [1.54, 1.807) is 42.5 Å². The Balaban J connectivity index is 1.85. The molecule has 7 heteroatoms. The van der Waals surface area contributed by atoms with Crippen molar-refractivity contribution >= 4 is 40.6 Å². The number of benzene rings is 2. The van der Waals surface area contributed by atoms with Crippen molar-refractivity contribution < 1.29 is 19.4 Å². The largest absolute Gasteiger partial charge is 0.504 e. The molecule has 0 aliphatic carbocycles. The second kappa shape index (κ2) is 7.21. The third-order valence-electron chi connectivity index (χ3n) is 3.66. The highest BCUT2D eigenvalue weighted by molar-refractivity contribution is 8.18. The maximum atomic E-state index is 12.5. The first kappa shape index (κ1) is 17.4. The molecule has 0 atom stereocenters. The molecule has 1 aliphatic heterocycles. The van der Waals surface area contributed by atoms with E-state index in [0.717, 1.165) is 16.7 Å². The summed E-state index contributed by atoms with van der Waals surface area (Å²) in [5.74, 6) is -0.0718. The zero-order valence-corrected chi connectivity index (χ0v) is 14.8. The lowest BCUT2D eigenvalue weighted by atomic mass is 10.1. The van der Waals surface area contributed by atoms with Crippen LogP contribution in [0.3, 0.4) is 0 Å². The Labute approximate surface area is 153 Å². The number of amides is 2. The average molecular weight is 376 g/mol. The molecule has 1 fully saturated rings. The van der Waals surface area contributed by atoms with Crippen LogP contribution in [0.4, 0.5) is 4.79 Å².